The molecule has 1 aliphatic heterocycles. The fourth-order valence-corrected chi connectivity index (χ4v) is 6.13. The molecule has 0 saturated carbocycles. The molecule has 1 fully saturated rings. The third-order valence-corrected chi connectivity index (χ3v) is 9.08. The summed E-state index contributed by atoms with van der Waals surface area (Å²) in [6, 6.07) is 0. The first-order valence-electron chi connectivity index (χ1n) is 19.6. The number of allylic oxidation sites excluding steroid dienone is 4. The third-order valence-electron chi connectivity index (χ3n) is 9.08. The highest BCUT2D eigenvalue weighted by Crippen LogP contribution is 2.15. The second kappa shape index (κ2) is 34.2. The van der Waals surface area contributed by atoms with Gasteiger partial charge in [-0.3, -0.25) is 0 Å². The molecule has 0 aromatic carbocycles. The fraction of sp³-hybridized carbons (Fsp3) is 0.900. The van der Waals surface area contributed by atoms with E-state index in [1.807, 2.05) is 0 Å². The molecule has 0 amide bonds. The standard InChI is InChI=1S/C40H77NO2/c1-3-5-7-9-11-13-15-17-19-21-23-25-27-29-31-33-35-42-39-37-41-38-40(39)43-36-34-32-30-28-26-24-22-20-18-16-14-12-10-8-6-4-2/h17-20,39-41H,3-16,21-38H2,1-2H3/t39-,40-/m1/s1. The fourth-order valence-electron chi connectivity index (χ4n) is 6.13. The molecule has 0 aromatic heterocycles. The zero-order valence-electron chi connectivity index (χ0n) is 29.4. The monoisotopic (exact) mass is 604 g/mol. The molecule has 0 bridgehead atoms. The van der Waals surface area contributed by atoms with E-state index in [1.165, 1.54) is 180 Å². The van der Waals surface area contributed by atoms with E-state index in [0.717, 1.165) is 26.3 Å². The Balaban J connectivity index is 1.82. The zero-order chi connectivity index (χ0) is 30.7. The largest absolute Gasteiger partial charge is 0.374 e. The highest BCUT2D eigenvalue weighted by atomic mass is 16.5. The molecule has 3 nitrogen and oxygen atoms in total. The number of rotatable bonds is 34. The van der Waals surface area contributed by atoms with E-state index in [2.05, 4.69) is 43.5 Å². The van der Waals surface area contributed by atoms with Gasteiger partial charge in [0.05, 0.1) is 12.2 Å². The Morgan fingerprint density at radius 1 is 0.395 bits per heavy atom. The predicted octanol–water partition coefficient (Wildman–Crippen LogP) is 12.4. The molecule has 1 saturated heterocycles. The van der Waals surface area contributed by atoms with E-state index in [1.54, 1.807) is 0 Å². The minimum Gasteiger partial charge on any atom is -0.374 e. The number of ether oxygens (including phenoxy) is 2. The molecule has 2 atom stereocenters. The molecular formula is C40H77NO2. The van der Waals surface area contributed by atoms with Crippen molar-refractivity contribution < 1.29 is 9.47 Å². The van der Waals surface area contributed by atoms with Gasteiger partial charge in [0, 0.05) is 26.3 Å². The highest BCUT2D eigenvalue weighted by Gasteiger charge is 2.28. The van der Waals surface area contributed by atoms with E-state index in [0.29, 0.717) is 0 Å². The second-order valence-electron chi connectivity index (χ2n) is 13.4. The molecular weight excluding hydrogens is 526 g/mol. The molecule has 0 unspecified atom stereocenters. The van der Waals surface area contributed by atoms with Crippen LogP contribution in [-0.4, -0.2) is 38.5 Å². The van der Waals surface area contributed by atoms with Crippen LogP contribution in [0.1, 0.15) is 194 Å². The first kappa shape index (κ1) is 40.4. The summed E-state index contributed by atoms with van der Waals surface area (Å²) in [6.07, 6.45) is 48.0. The van der Waals surface area contributed by atoms with Gasteiger partial charge in [-0.25, -0.2) is 0 Å². The van der Waals surface area contributed by atoms with E-state index >= 15 is 0 Å². The predicted molar refractivity (Wildman–Crippen MR) is 191 cm³/mol. The van der Waals surface area contributed by atoms with Gasteiger partial charge >= 0.3 is 0 Å². The SMILES string of the molecule is CCCCCCCCC=CCCCCCCCCO[C@@H]1CNC[C@H]1OCCCCCCCCC=CCCCCCCCC. The summed E-state index contributed by atoms with van der Waals surface area (Å²) in [5.74, 6) is 0. The lowest BCUT2D eigenvalue weighted by Crippen LogP contribution is -2.30. The van der Waals surface area contributed by atoms with Crippen molar-refractivity contribution >= 4 is 0 Å². The molecule has 0 aromatic rings. The lowest BCUT2D eigenvalue weighted by Gasteiger charge is -2.20. The zero-order valence-corrected chi connectivity index (χ0v) is 29.4. The summed E-state index contributed by atoms with van der Waals surface area (Å²) < 4.78 is 12.4. The van der Waals surface area contributed by atoms with Crippen molar-refractivity contribution in [3.8, 4) is 0 Å². The first-order valence-corrected chi connectivity index (χ1v) is 19.6. The van der Waals surface area contributed by atoms with Crippen LogP contribution < -0.4 is 5.32 Å². The van der Waals surface area contributed by atoms with Gasteiger partial charge in [0.15, 0.2) is 0 Å². The molecule has 0 aliphatic carbocycles. The van der Waals surface area contributed by atoms with Crippen molar-refractivity contribution in [1.29, 1.82) is 0 Å². The van der Waals surface area contributed by atoms with Crippen LogP contribution in [-0.2, 0) is 9.47 Å². The lowest BCUT2D eigenvalue weighted by molar-refractivity contribution is -0.0481. The van der Waals surface area contributed by atoms with Gasteiger partial charge < -0.3 is 14.8 Å². The summed E-state index contributed by atoms with van der Waals surface area (Å²) in [6.45, 7) is 8.26. The van der Waals surface area contributed by atoms with Crippen molar-refractivity contribution in [1.82, 2.24) is 5.32 Å². The summed E-state index contributed by atoms with van der Waals surface area (Å²) in [7, 11) is 0. The molecule has 254 valence electrons. The highest BCUT2D eigenvalue weighted by molar-refractivity contribution is 4.83. The summed E-state index contributed by atoms with van der Waals surface area (Å²) in [5.41, 5.74) is 0. The quantitative estimate of drug-likeness (QED) is 0.0586. The van der Waals surface area contributed by atoms with Crippen molar-refractivity contribution in [3.05, 3.63) is 24.3 Å². The number of hydrogen-bond donors (Lipinski definition) is 1. The van der Waals surface area contributed by atoms with Gasteiger partial charge in [0.2, 0.25) is 0 Å². The number of nitrogens with one attached hydrogen (secondary N) is 1. The van der Waals surface area contributed by atoms with Gasteiger partial charge in [-0.15, -0.1) is 0 Å². The maximum absolute atomic E-state index is 6.22. The van der Waals surface area contributed by atoms with E-state index < -0.39 is 0 Å². The number of hydrogen-bond acceptors (Lipinski definition) is 3. The van der Waals surface area contributed by atoms with Crippen molar-refractivity contribution in [2.45, 2.75) is 206 Å². The Labute approximate surface area is 270 Å². The van der Waals surface area contributed by atoms with E-state index in [-0.39, 0.29) is 12.2 Å². The smallest absolute Gasteiger partial charge is 0.0973 e. The van der Waals surface area contributed by atoms with Crippen molar-refractivity contribution in [2.75, 3.05) is 26.3 Å². The van der Waals surface area contributed by atoms with Crippen LogP contribution in [0.4, 0.5) is 0 Å². The average Bonchev–Trinajstić information content (AvgIpc) is 3.47. The second-order valence-corrected chi connectivity index (χ2v) is 13.4. The Bertz CT molecular complexity index is 539. The molecule has 3 heteroatoms. The Morgan fingerprint density at radius 2 is 0.674 bits per heavy atom. The number of unbranched alkanes of at least 4 members (excludes halogenated alkanes) is 24. The van der Waals surface area contributed by atoms with Crippen LogP contribution in [0, 0.1) is 0 Å². The van der Waals surface area contributed by atoms with E-state index in [9.17, 15) is 0 Å². The van der Waals surface area contributed by atoms with Crippen LogP contribution in [0.25, 0.3) is 0 Å². The summed E-state index contributed by atoms with van der Waals surface area (Å²) in [4.78, 5) is 0. The first-order chi connectivity index (χ1) is 21.4. The Kier molecular flexibility index (Phi) is 32.2. The normalized spacial score (nSPS) is 17.3. The molecule has 43 heavy (non-hydrogen) atoms. The van der Waals surface area contributed by atoms with Gasteiger partial charge in [-0.05, 0) is 64.2 Å². The Morgan fingerprint density at radius 3 is 1.00 bits per heavy atom. The molecule has 1 N–H and O–H groups in total. The van der Waals surface area contributed by atoms with Crippen LogP contribution in [0.3, 0.4) is 0 Å². The maximum atomic E-state index is 6.22. The third kappa shape index (κ3) is 28.6. The molecule has 0 spiro atoms. The lowest BCUT2D eigenvalue weighted by atomic mass is 10.1. The summed E-state index contributed by atoms with van der Waals surface area (Å²) in [5, 5.41) is 3.47. The van der Waals surface area contributed by atoms with Gasteiger partial charge in [-0.1, -0.05) is 154 Å². The van der Waals surface area contributed by atoms with Gasteiger partial charge in [-0.2, -0.15) is 0 Å². The Hall–Kier alpha value is -0.640. The van der Waals surface area contributed by atoms with E-state index in [4.69, 9.17) is 9.47 Å². The molecule has 1 rings (SSSR count). The van der Waals surface area contributed by atoms with Crippen LogP contribution in [0.5, 0.6) is 0 Å². The minimum absolute atomic E-state index is 0.247. The molecule has 0 radical (unpaired) electrons. The van der Waals surface area contributed by atoms with Gasteiger partial charge in [0.25, 0.3) is 0 Å². The minimum atomic E-state index is 0.247. The van der Waals surface area contributed by atoms with Crippen LogP contribution >= 0.6 is 0 Å². The summed E-state index contributed by atoms with van der Waals surface area (Å²) >= 11 is 0. The molecule has 1 heterocycles. The van der Waals surface area contributed by atoms with Crippen LogP contribution in [0.2, 0.25) is 0 Å². The van der Waals surface area contributed by atoms with Crippen molar-refractivity contribution in [2.24, 2.45) is 0 Å². The van der Waals surface area contributed by atoms with Crippen molar-refractivity contribution in [3.63, 3.8) is 0 Å². The van der Waals surface area contributed by atoms with Gasteiger partial charge in [0.1, 0.15) is 0 Å². The van der Waals surface area contributed by atoms with Crippen LogP contribution in [0.15, 0.2) is 24.3 Å². The average molecular weight is 604 g/mol. The topological polar surface area (TPSA) is 30.5 Å². The maximum Gasteiger partial charge on any atom is 0.0973 e. The molecule has 1 aliphatic rings.